The monoisotopic (exact) mass is 347 g/mol. The molecule has 0 fully saturated rings. The average molecular weight is 347 g/mol. The van der Waals surface area contributed by atoms with Gasteiger partial charge in [-0.05, 0) is 36.8 Å². The molecule has 2 aromatic heterocycles. The molecule has 0 spiro atoms. The van der Waals surface area contributed by atoms with Crippen LogP contribution < -0.4 is 5.32 Å². The van der Waals surface area contributed by atoms with Gasteiger partial charge in [-0.15, -0.1) is 21.5 Å². The number of amides is 1. The van der Waals surface area contributed by atoms with Crippen LogP contribution in [0.2, 0.25) is 0 Å². The summed E-state index contributed by atoms with van der Waals surface area (Å²) in [4.78, 5) is 13.8. The van der Waals surface area contributed by atoms with Crippen molar-refractivity contribution < 1.29 is 18.0 Å². The molecule has 1 N–H and O–H groups in total. The summed E-state index contributed by atoms with van der Waals surface area (Å²) >= 11 is 1.72. The van der Waals surface area contributed by atoms with Crippen molar-refractivity contribution >= 4 is 33.7 Å². The molecule has 2 heterocycles. The number of nitrogens with zero attached hydrogens (tertiary/aromatic N) is 2. The summed E-state index contributed by atoms with van der Waals surface area (Å²) in [6, 6.07) is 1.83. The van der Waals surface area contributed by atoms with Gasteiger partial charge in [-0.1, -0.05) is 18.3 Å². The van der Waals surface area contributed by atoms with E-state index in [9.17, 15) is 18.0 Å². The summed E-state index contributed by atoms with van der Waals surface area (Å²) in [5.74, 6) is 0.160. The van der Waals surface area contributed by atoms with Crippen LogP contribution in [0.15, 0.2) is 6.07 Å². The number of carbonyl (C=O) groups is 1. The third kappa shape index (κ3) is 3.14. The number of fused-ring (bicyclic) bond motifs is 1. The van der Waals surface area contributed by atoms with Gasteiger partial charge < -0.3 is 0 Å². The summed E-state index contributed by atoms with van der Waals surface area (Å²) in [6.07, 6.45) is -1.56. The molecule has 0 aromatic carbocycles. The Morgan fingerprint density at radius 1 is 1.36 bits per heavy atom. The summed E-state index contributed by atoms with van der Waals surface area (Å²) < 4.78 is 37.4. The van der Waals surface area contributed by atoms with Gasteiger partial charge in [0.05, 0.1) is 4.88 Å². The number of aromatic nitrogens is 2. The number of halogens is 3. The highest BCUT2D eigenvalue weighted by Gasteiger charge is 2.36. The SMILES string of the molecule is C[C@@H]1CCc2sc(C(=O)Nc3nnc(C(F)(F)F)s3)cc2C1. The van der Waals surface area contributed by atoms with Crippen LogP contribution in [-0.4, -0.2) is 16.1 Å². The van der Waals surface area contributed by atoms with E-state index in [-0.39, 0.29) is 5.13 Å². The number of nitrogens with one attached hydrogen (secondary N) is 1. The molecule has 1 aliphatic carbocycles. The minimum Gasteiger partial charge on any atom is -0.296 e. The van der Waals surface area contributed by atoms with E-state index in [1.165, 1.54) is 21.8 Å². The zero-order chi connectivity index (χ0) is 15.9. The van der Waals surface area contributed by atoms with E-state index in [1.54, 1.807) is 0 Å². The van der Waals surface area contributed by atoms with E-state index >= 15 is 0 Å². The number of aryl methyl sites for hydroxylation is 1. The van der Waals surface area contributed by atoms with Gasteiger partial charge in [0.25, 0.3) is 5.91 Å². The summed E-state index contributed by atoms with van der Waals surface area (Å²) in [7, 11) is 0. The molecule has 0 radical (unpaired) electrons. The van der Waals surface area contributed by atoms with E-state index in [2.05, 4.69) is 22.4 Å². The first kappa shape index (κ1) is 15.4. The fourth-order valence-electron chi connectivity index (χ4n) is 2.36. The Labute approximate surface area is 132 Å². The highest BCUT2D eigenvalue weighted by atomic mass is 32.1. The van der Waals surface area contributed by atoms with Crippen LogP contribution >= 0.6 is 22.7 Å². The zero-order valence-electron chi connectivity index (χ0n) is 11.5. The molecule has 4 nitrogen and oxygen atoms in total. The molecule has 1 amide bonds. The van der Waals surface area contributed by atoms with E-state index in [1.807, 2.05) is 6.07 Å². The van der Waals surface area contributed by atoms with Gasteiger partial charge >= 0.3 is 6.18 Å². The van der Waals surface area contributed by atoms with Crippen molar-refractivity contribution in [2.75, 3.05) is 5.32 Å². The predicted molar refractivity (Wildman–Crippen MR) is 78.4 cm³/mol. The van der Waals surface area contributed by atoms with Crippen molar-refractivity contribution in [1.82, 2.24) is 10.2 Å². The molecule has 118 valence electrons. The number of rotatable bonds is 2. The van der Waals surface area contributed by atoms with Crippen molar-refractivity contribution in [3.05, 3.63) is 26.4 Å². The highest BCUT2D eigenvalue weighted by Crippen LogP contribution is 2.34. The Balaban J connectivity index is 1.74. The Morgan fingerprint density at radius 3 is 2.82 bits per heavy atom. The lowest BCUT2D eigenvalue weighted by molar-refractivity contribution is -0.138. The molecule has 1 aliphatic rings. The van der Waals surface area contributed by atoms with Crippen LogP contribution in [-0.2, 0) is 19.0 Å². The van der Waals surface area contributed by atoms with E-state index in [0.717, 1.165) is 19.3 Å². The maximum absolute atomic E-state index is 12.5. The normalized spacial score (nSPS) is 18.1. The van der Waals surface area contributed by atoms with Crippen LogP contribution in [0.4, 0.5) is 18.3 Å². The third-order valence-electron chi connectivity index (χ3n) is 3.44. The van der Waals surface area contributed by atoms with Crippen molar-refractivity contribution in [1.29, 1.82) is 0 Å². The van der Waals surface area contributed by atoms with Crippen LogP contribution in [0.25, 0.3) is 0 Å². The van der Waals surface area contributed by atoms with Gasteiger partial charge in [0.15, 0.2) is 0 Å². The topological polar surface area (TPSA) is 54.9 Å². The van der Waals surface area contributed by atoms with Crippen LogP contribution in [0.5, 0.6) is 0 Å². The minimum atomic E-state index is -4.54. The van der Waals surface area contributed by atoms with Gasteiger partial charge in [0.1, 0.15) is 0 Å². The Kier molecular flexibility index (Phi) is 3.94. The van der Waals surface area contributed by atoms with Gasteiger partial charge in [-0.3, -0.25) is 10.1 Å². The average Bonchev–Trinajstić information content (AvgIpc) is 3.03. The summed E-state index contributed by atoms with van der Waals surface area (Å²) in [6.45, 7) is 2.17. The molecule has 2 aromatic rings. The lowest BCUT2D eigenvalue weighted by Gasteiger charge is -2.16. The predicted octanol–water partition coefficient (Wildman–Crippen LogP) is 4.00. The quantitative estimate of drug-likeness (QED) is 0.893. The number of anilines is 1. The standard InChI is InChI=1S/C13H12F3N3OS2/c1-6-2-3-8-7(4-6)5-9(21-8)10(20)17-12-19-18-11(22-12)13(14,15)16/h5-6H,2-4H2,1H3,(H,17,19,20)/t6-/m1/s1. The second-order valence-corrected chi connectivity index (χ2v) is 7.39. The molecule has 9 heteroatoms. The number of hydrogen-bond donors (Lipinski definition) is 1. The number of hydrogen-bond acceptors (Lipinski definition) is 5. The molecule has 0 unspecified atom stereocenters. The van der Waals surface area contributed by atoms with Gasteiger partial charge in [-0.25, -0.2) is 0 Å². The molecule has 0 saturated heterocycles. The highest BCUT2D eigenvalue weighted by molar-refractivity contribution is 7.16. The second kappa shape index (κ2) is 5.62. The lowest BCUT2D eigenvalue weighted by atomic mass is 9.90. The van der Waals surface area contributed by atoms with Crippen molar-refractivity contribution in [2.24, 2.45) is 5.92 Å². The molecule has 22 heavy (non-hydrogen) atoms. The maximum atomic E-state index is 12.5. The van der Waals surface area contributed by atoms with Gasteiger partial charge in [-0.2, -0.15) is 13.2 Å². The van der Waals surface area contributed by atoms with Crippen LogP contribution in [0, 0.1) is 5.92 Å². The van der Waals surface area contributed by atoms with Crippen LogP contribution in [0.3, 0.4) is 0 Å². The molecular formula is C13H12F3N3OS2. The Bertz CT molecular complexity index is 708. The van der Waals surface area contributed by atoms with E-state index < -0.39 is 17.1 Å². The Hall–Kier alpha value is -1.48. The number of thiophene rings is 1. The zero-order valence-corrected chi connectivity index (χ0v) is 13.2. The van der Waals surface area contributed by atoms with E-state index in [4.69, 9.17) is 0 Å². The van der Waals surface area contributed by atoms with Crippen molar-refractivity contribution in [2.45, 2.75) is 32.4 Å². The maximum Gasteiger partial charge on any atom is 0.445 e. The first-order valence-electron chi connectivity index (χ1n) is 6.66. The van der Waals surface area contributed by atoms with Gasteiger partial charge in [0.2, 0.25) is 10.1 Å². The third-order valence-corrected chi connectivity index (χ3v) is 5.56. The largest absolute Gasteiger partial charge is 0.445 e. The van der Waals surface area contributed by atoms with Gasteiger partial charge in [0, 0.05) is 4.88 Å². The van der Waals surface area contributed by atoms with Crippen molar-refractivity contribution in [3.8, 4) is 0 Å². The molecule has 0 bridgehead atoms. The molecular weight excluding hydrogens is 335 g/mol. The van der Waals surface area contributed by atoms with Crippen LogP contribution in [0.1, 0.15) is 38.5 Å². The second-order valence-electron chi connectivity index (χ2n) is 5.27. The fraction of sp³-hybridized carbons (Fsp3) is 0.462. The molecule has 3 rings (SSSR count). The molecule has 1 atom stereocenters. The molecule has 0 saturated carbocycles. The van der Waals surface area contributed by atoms with Crippen molar-refractivity contribution in [3.63, 3.8) is 0 Å². The fourth-order valence-corrected chi connectivity index (χ4v) is 4.07. The summed E-state index contributed by atoms with van der Waals surface area (Å²) in [5, 5.41) is 7.58. The Morgan fingerprint density at radius 2 is 2.14 bits per heavy atom. The van der Waals surface area contributed by atoms with E-state index in [0.29, 0.717) is 22.1 Å². The minimum absolute atomic E-state index is 0.142. The number of alkyl halides is 3. The first-order chi connectivity index (χ1) is 10.3. The summed E-state index contributed by atoms with van der Waals surface area (Å²) in [5.41, 5.74) is 1.17. The smallest absolute Gasteiger partial charge is 0.296 e. The first-order valence-corrected chi connectivity index (χ1v) is 8.30. The number of carbonyl (C=O) groups excluding carboxylic acids is 1. The lowest BCUT2D eigenvalue weighted by Crippen LogP contribution is -2.10. The molecule has 0 aliphatic heterocycles.